The van der Waals surface area contributed by atoms with E-state index in [2.05, 4.69) is 10.6 Å². The SMILES string of the molecule is CCOC(=O)c1ccc(N2C(=O)C3C(CC(N)=O)NC4(C(=O)Nc5ccc(F)cc54)C3C2=O)cc1. The molecule has 2 aromatic rings. The molecule has 0 aromatic heterocycles. The first-order valence-electron chi connectivity index (χ1n) is 11.0. The van der Waals surface area contributed by atoms with Gasteiger partial charge in [-0.05, 0) is 49.4 Å². The van der Waals surface area contributed by atoms with E-state index in [0.717, 1.165) is 11.0 Å². The number of esters is 1. The largest absolute Gasteiger partial charge is 0.462 e. The van der Waals surface area contributed by atoms with Crippen molar-refractivity contribution in [1.82, 2.24) is 5.32 Å². The minimum absolute atomic E-state index is 0.185. The molecule has 0 bridgehead atoms. The fourth-order valence-electron chi connectivity index (χ4n) is 5.38. The summed E-state index contributed by atoms with van der Waals surface area (Å²) in [6.07, 6.45) is -0.310. The van der Waals surface area contributed by atoms with Crippen molar-refractivity contribution in [1.29, 1.82) is 0 Å². The Balaban J connectivity index is 1.59. The predicted molar refractivity (Wildman–Crippen MR) is 119 cm³/mol. The summed E-state index contributed by atoms with van der Waals surface area (Å²) in [4.78, 5) is 65.3. The topological polar surface area (TPSA) is 148 Å². The predicted octanol–water partition coefficient (Wildman–Crippen LogP) is 0.803. The van der Waals surface area contributed by atoms with Gasteiger partial charge in [0.05, 0.1) is 29.7 Å². The molecule has 3 aliphatic rings. The quantitative estimate of drug-likeness (QED) is 0.424. The minimum atomic E-state index is -1.76. The summed E-state index contributed by atoms with van der Waals surface area (Å²) in [5, 5.41) is 5.64. The van der Waals surface area contributed by atoms with Gasteiger partial charge in [0.25, 0.3) is 0 Å². The van der Waals surface area contributed by atoms with Crippen LogP contribution in [0.15, 0.2) is 42.5 Å². The van der Waals surface area contributed by atoms with E-state index >= 15 is 0 Å². The van der Waals surface area contributed by atoms with E-state index in [4.69, 9.17) is 10.5 Å². The fourth-order valence-corrected chi connectivity index (χ4v) is 5.38. The molecule has 0 saturated carbocycles. The van der Waals surface area contributed by atoms with Crippen molar-refractivity contribution in [3.63, 3.8) is 0 Å². The van der Waals surface area contributed by atoms with Crippen molar-refractivity contribution < 1.29 is 33.1 Å². The van der Waals surface area contributed by atoms with Crippen LogP contribution in [-0.2, 0) is 29.5 Å². The van der Waals surface area contributed by atoms with Gasteiger partial charge in [0.1, 0.15) is 11.4 Å². The van der Waals surface area contributed by atoms with E-state index in [1.807, 2.05) is 0 Å². The van der Waals surface area contributed by atoms with Crippen molar-refractivity contribution >= 4 is 41.0 Å². The number of rotatable bonds is 5. The Bertz CT molecular complexity index is 1300. The number of hydrogen-bond acceptors (Lipinski definition) is 7. The Morgan fingerprint density at radius 1 is 1.11 bits per heavy atom. The van der Waals surface area contributed by atoms with Crippen LogP contribution in [0.25, 0.3) is 0 Å². The number of benzene rings is 2. The molecule has 10 nitrogen and oxygen atoms in total. The molecule has 2 saturated heterocycles. The third-order valence-electron chi connectivity index (χ3n) is 6.73. The van der Waals surface area contributed by atoms with E-state index in [1.54, 1.807) is 6.92 Å². The highest BCUT2D eigenvalue weighted by atomic mass is 19.1. The summed E-state index contributed by atoms with van der Waals surface area (Å²) < 4.78 is 19.2. The monoisotopic (exact) mass is 480 g/mol. The number of halogens is 1. The average Bonchev–Trinajstić information content (AvgIpc) is 3.38. The zero-order valence-electron chi connectivity index (χ0n) is 18.5. The lowest BCUT2D eigenvalue weighted by atomic mass is 9.76. The third-order valence-corrected chi connectivity index (χ3v) is 6.73. The summed E-state index contributed by atoms with van der Waals surface area (Å²) in [7, 11) is 0. The number of nitrogens with two attached hydrogens (primary N) is 1. The van der Waals surface area contributed by atoms with Crippen LogP contribution >= 0.6 is 0 Å². The van der Waals surface area contributed by atoms with Crippen LogP contribution in [-0.4, -0.2) is 42.2 Å². The highest BCUT2D eigenvalue weighted by Crippen LogP contribution is 2.54. The highest BCUT2D eigenvalue weighted by Gasteiger charge is 2.70. The molecule has 4 N–H and O–H groups in total. The van der Waals surface area contributed by atoms with Gasteiger partial charge in [-0.25, -0.2) is 14.1 Å². The molecule has 11 heteroatoms. The van der Waals surface area contributed by atoms with E-state index in [1.165, 1.54) is 36.4 Å². The van der Waals surface area contributed by atoms with E-state index in [0.29, 0.717) is 5.69 Å². The van der Waals surface area contributed by atoms with Crippen LogP contribution in [0.4, 0.5) is 15.8 Å². The molecular formula is C24H21FN4O6. The number of nitrogens with zero attached hydrogens (tertiary/aromatic N) is 1. The van der Waals surface area contributed by atoms with E-state index < -0.39 is 58.8 Å². The lowest BCUT2D eigenvalue weighted by Crippen LogP contribution is -2.53. The molecule has 0 radical (unpaired) electrons. The van der Waals surface area contributed by atoms with Gasteiger partial charge in [-0.3, -0.25) is 24.5 Å². The maximum Gasteiger partial charge on any atom is 0.338 e. The number of imide groups is 1. The Hall–Kier alpha value is -4.12. The molecule has 3 aliphatic heterocycles. The molecule has 2 fully saturated rings. The van der Waals surface area contributed by atoms with Gasteiger partial charge in [0, 0.05) is 23.7 Å². The van der Waals surface area contributed by atoms with E-state index in [-0.39, 0.29) is 29.8 Å². The number of nitrogens with one attached hydrogen (secondary N) is 2. The molecule has 4 amide bonds. The molecular weight excluding hydrogens is 459 g/mol. The van der Waals surface area contributed by atoms with Crippen molar-refractivity contribution in [2.45, 2.75) is 24.9 Å². The molecule has 5 rings (SSSR count). The summed E-state index contributed by atoms with van der Waals surface area (Å²) in [5.41, 5.74) is 4.56. The van der Waals surface area contributed by atoms with Crippen LogP contribution in [0.1, 0.15) is 29.3 Å². The van der Waals surface area contributed by atoms with Crippen LogP contribution < -0.4 is 21.3 Å². The molecule has 3 heterocycles. The lowest BCUT2D eigenvalue weighted by Gasteiger charge is -2.29. The number of carbonyl (C=O) groups excluding carboxylic acids is 5. The first-order chi connectivity index (χ1) is 16.7. The van der Waals surface area contributed by atoms with Crippen LogP contribution in [0.5, 0.6) is 0 Å². The number of amides is 4. The second-order valence-corrected chi connectivity index (χ2v) is 8.66. The van der Waals surface area contributed by atoms with E-state index in [9.17, 15) is 28.4 Å². The number of primary amides is 1. The van der Waals surface area contributed by atoms with Crippen molar-refractivity contribution in [3.05, 3.63) is 59.4 Å². The summed E-state index contributed by atoms with van der Waals surface area (Å²) in [5.74, 6) is -6.19. The van der Waals surface area contributed by atoms with Crippen molar-refractivity contribution in [2.75, 3.05) is 16.8 Å². The number of ether oxygens (including phenoxy) is 1. The molecule has 35 heavy (non-hydrogen) atoms. The Labute approximate surface area is 198 Å². The summed E-state index contributed by atoms with van der Waals surface area (Å²) >= 11 is 0. The van der Waals surface area contributed by atoms with Gasteiger partial charge in [-0.15, -0.1) is 0 Å². The normalized spacial score (nSPS) is 26.6. The second kappa shape index (κ2) is 7.98. The maximum absolute atomic E-state index is 14.2. The number of fused-ring (bicyclic) bond motifs is 4. The van der Waals surface area contributed by atoms with Gasteiger partial charge in [0.15, 0.2) is 0 Å². The first-order valence-corrected chi connectivity index (χ1v) is 11.0. The highest BCUT2D eigenvalue weighted by molar-refractivity contribution is 6.26. The number of anilines is 2. The maximum atomic E-state index is 14.2. The standard InChI is InChI=1S/C24H21FN4O6/c1-2-35-22(33)11-3-6-13(7-4-11)29-20(31)18-16(10-17(26)30)28-24(19(18)21(29)32)14-9-12(25)5-8-15(14)27-23(24)34/h3-9,16,18-19,28H,2,10H2,1H3,(H2,26,30)(H,27,34). The van der Waals surface area contributed by atoms with Crippen LogP contribution in [0.2, 0.25) is 0 Å². The van der Waals surface area contributed by atoms with Gasteiger partial charge in [-0.1, -0.05) is 0 Å². The van der Waals surface area contributed by atoms with Crippen LogP contribution in [0, 0.1) is 17.7 Å². The lowest BCUT2D eigenvalue weighted by molar-refractivity contribution is -0.130. The van der Waals surface area contributed by atoms with Gasteiger partial charge >= 0.3 is 5.97 Å². The van der Waals surface area contributed by atoms with Gasteiger partial charge in [0.2, 0.25) is 23.6 Å². The van der Waals surface area contributed by atoms with Gasteiger partial charge in [-0.2, -0.15) is 0 Å². The molecule has 2 aromatic carbocycles. The first kappa shape index (κ1) is 22.7. The van der Waals surface area contributed by atoms with Crippen molar-refractivity contribution in [2.24, 2.45) is 17.6 Å². The fraction of sp³-hybridized carbons (Fsp3) is 0.292. The summed E-state index contributed by atoms with van der Waals surface area (Å²) in [6, 6.07) is 8.44. The zero-order valence-corrected chi connectivity index (χ0v) is 18.5. The number of carbonyl (C=O) groups is 5. The molecule has 4 atom stereocenters. The molecule has 180 valence electrons. The van der Waals surface area contributed by atoms with Crippen molar-refractivity contribution in [3.8, 4) is 0 Å². The summed E-state index contributed by atoms with van der Waals surface area (Å²) in [6.45, 7) is 1.86. The average molecular weight is 480 g/mol. The van der Waals surface area contributed by atoms with Crippen LogP contribution in [0.3, 0.4) is 0 Å². The Morgan fingerprint density at radius 3 is 2.49 bits per heavy atom. The molecule has 4 unspecified atom stereocenters. The number of hydrogen-bond donors (Lipinski definition) is 3. The zero-order chi connectivity index (χ0) is 25.1. The Kier molecular flexibility index (Phi) is 5.17. The second-order valence-electron chi connectivity index (χ2n) is 8.66. The Morgan fingerprint density at radius 2 is 1.83 bits per heavy atom. The third kappa shape index (κ3) is 3.22. The van der Waals surface area contributed by atoms with Gasteiger partial charge < -0.3 is 15.8 Å². The molecule has 0 aliphatic carbocycles. The smallest absolute Gasteiger partial charge is 0.338 e. The molecule has 1 spiro atoms. The minimum Gasteiger partial charge on any atom is -0.462 e.